The minimum absolute atomic E-state index is 0.134. The van der Waals surface area contributed by atoms with Crippen LogP contribution in [0.4, 0.5) is 5.69 Å². The molecule has 1 N–H and O–H groups in total. The normalized spacial score (nSPS) is 20.1. The molecule has 1 fully saturated rings. The zero-order chi connectivity index (χ0) is 24.3. The number of phenolic OH excluding ortho intramolecular Hbond substituents is 1. The van der Waals surface area contributed by atoms with Crippen molar-refractivity contribution in [3.63, 3.8) is 0 Å². The first-order valence-electron chi connectivity index (χ1n) is 11.7. The van der Waals surface area contributed by atoms with Gasteiger partial charge in [-0.25, -0.2) is 9.79 Å². The molecule has 2 heterocycles. The standard InChI is InChI=1S/C26H30N2O7/c29-23-7-3-21(4-8-23)25-27-24(26(30)35-25)19-20-1-5-22(6-2-20)28-9-11-31-13-15-33-17-18-34-16-14-32-12-10-28/h1-8,19,29H,9-18H2/b24-19+. The second-order valence-corrected chi connectivity index (χ2v) is 7.91. The van der Waals surface area contributed by atoms with Crippen LogP contribution < -0.4 is 4.90 Å². The van der Waals surface area contributed by atoms with E-state index in [-0.39, 0.29) is 17.3 Å². The van der Waals surface area contributed by atoms with Gasteiger partial charge in [0, 0.05) is 24.3 Å². The fourth-order valence-electron chi connectivity index (χ4n) is 3.56. The van der Waals surface area contributed by atoms with Crippen LogP contribution in [0.1, 0.15) is 11.1 Å². The lowest BCUT2D eigenvalue weighted by molar-refractivity contribution is -0.129. The lowest BCUT2D eigenvalue weighted by Gasteiger charge is -2.25. The average molecular weight is 483 g/mol. The van der Waals surface area contributed by atoms with Gasteiger partial charge < -0.3 is 33.7 Å². The van der Waals surface area contributed by atoms with Gasteiger partial charge in [-0.2, -0.15) is 0 Å². The van der Waals surface area contributed by atoms with E-state index < -0.39 is 5.97 Å². The summed E-state index contributed by atoms with van der Waals surface area (Å²) in [4.78, 5) is 18.8. The molecule has 2 aliphatic heterocycles. The summed E-state index contributed by atoms with van der Waals surface area (Å²) in [6.45, 7) is 5.86. The third-order valence-corrected chi connectivity index (χ3v) is 5.42. The number of hydrogen-bond acceptors (Lipinski definition) is 9. The monoisotopic (exact) mass is 482 g/mol. The van der Waals surface area contributed by atoms with E-state index in [9.17, 15) is 9.90 Å². The van der Waals surface area contributed by atoms with E-state index >= 15 is 0 Å². The molecule has 2 aliphatic rings. The van der Waals surface area contributed by atoms with Crippen LogP contribution >= 0.6 is 0 Å². The number of carbonyl (C=O) groups is 1. The molecule has 9 nitrogen and oxygen atoms in total. The zero-order valence-electron chi connectivity index (χ0n) is 19.6. The Labute approximate surface area is 204 Å². The average Bonchev–Trinajstić information content (AvgIpc) is 3.22. The van der Waals surface area contributed by atoms with Crippen molar-refractivity contribution >= 4 is 23.6 Å². The molecule has 9 heteroatoms. The predicted octanol–water partition coefficient (Wildman–Crippen LogP) is 2.62. The second kappa shape index (κ2) is 13.0. The van der Waals surface area contributed by atoms with Crippen LogP contribution in [0.3, 0.4) is 0 Å². The molecule has 0 radical (unpaired) electrons. The molecule has 35 heavy (non-hydrogen) atoms. The number of cyclic esters (lactones) is 1. The summed E-state index contributed by atoms with van der Waals surface area (Å²) in [6.07, 6.45) is 1.69. The molecule has 0 aliphatic carbocycles. The number of aromatic hydroxyl groups is 1. The Bertz CT molecular complexity index is 1000. The van der Waals surface area contributed by atoms with Gasteiger partial charge in [-0.05, 0) is 48.0 Å². The van der Waals surface area contributed by atoms with E-state index in [1.165, 1.54) is 12.1 Å². The van der Waals surface area contributed by atoms with Crippen molar-refractivity contribution in [1.29, 1.82) is 0 Å². The molecule has 0 bridgehead atoms. The van der Waals surface area contributed by atoms with Crippen molar-refractivity contribution in [3.8, 4) is 5.75 Å². The van der Waals surface area contributed by atoms with Gasteiger partial charge in [0.05, 0.1) is 52.9 Å². The van der Waals surface area contributed by atoms with Crippen molar-refractivity contribution < 1.29 is 33.6 Å². The third-order valence-electron chi connectivity index (χ3n) is 5.42. The third kappa shape index (κ3) is 7.63. The number of hydrogen-bond donors (Lipinski definition) is 1. The highest BCUT2D eigenvalue weighted by Gasteiger charge is 2.24. The van der Waals surface area contributed by atoms with Gasteiger partial charge in [-0.3, -0.25) is 0 Å². The quantitative estimate of drug-likeness (QED) is 0.527. The Morgan fingerprint density at radius 2 is 1.29 bits per heavy atom. The summed E-state index contributed by atoms with van der Waals surface area (Å²) in [7, 11) is 0. The molecule has 1 saturated heterocycles. The summed E-state index contributed by atoms with van der Waals surface area (Å²) in [6, 6.07) is 14.2. The van der Waals surface area contributed by atoms with Crippen LogP contribution in [0.15, 0.2) is 59.2 Å². The van der Waals surface area contributed by atoms with Crippen molar-refractivity contribution in [2.24, 2.45) is 4.99 Å². The molecule has 186 valence electrons. The van der Waals surface area contributed by atoms with Gasteiger partial charge in [0.25, 0.3) is 0 Å². The van der Waals surface area contributed by atoms with Gasteiger partial charge in [-0.15, -0.1) is 0 Å². The lowest BCUT2D eigenvalue weighted by atomic mass is 10.1. The Balaban J connectivity index is 1.40. The number of esters is 1. The number of phenols is 1. The Morgan fingerprint density at radius 3 is 1.86 bits per heavy atom. The van der Waals surface area contributed by atoms with Crippen molar-refractivity contribution in [1.82, 2.24) is 0 Å². The first-order chi connectivity index (χ1) is 17.2. The number of anilines is 1. The molecule has 4 rings (SSSR count). The maximum absolute atomic E-state index is 12.3. The van der Waals surface area contributed by atoms with Crippen molar-refractivity contribution in [2.75, 3.05) is 70.8 Å². The molecule has 0 aromatic heterocycles. The number of nitrogens with zero attached hydrogens (tertiary/aromatic N) is 2. The fourth-order valence-corrected chi connectivity index (χ4v) is 3.56. The van der Waals surface area contributed by atoms with Crippen LogP contribution in [-0.2, 0) is 28.5 Å². The van der Waals surface area contributed by atoms with E-state index in [0.29, 0.717) is 71.5 Å². The Morgan fingerprint density at radius 1 is 0.743 bits per heavy atom. The maximum atomic E-state index is 12.3. The van der Waals surface area contributed by atoms with Crippen molar-refractivity contribution in [3.05, 3.63) is 65.4 Å². The Kier molecular flexibility index (Phi) is 9.24. The van der Waals surface area contributed by atoms with E-state index in [2.05, 4.69) is 9.89 Å². The first kappa shape index (κ1) is 24.9. The summed E-state index contributed by atoms with van der Waals surface area (Å²) in [5.74, 6) is -0.158. The van der Waals surface area contributed by atoms with Gasteiger partial charge >= 0.3 is 5.97 Å². The lowest BCUT2D eigenvalue weighted by Crippen LogP contribution is -2.31. The van der Waals surface area contributed by atoms with E-state index in [1.54, 1.807) is 18.2 Å². The van der Waals surface area contributed by atoms with E-state index in [1.807, 2.05) is 24.3 Å². The number of aliphatic imine (C=N–C) groups is 1. The summed E-state index contributed by atoms with van der Waals surface area (Å²) in [5.41, 5.74) is 2.70. The molecule has 0 saturated carbocycles. The molecule has 2 aromatic rings. The minimum atomic E-state index is -0.509. The minimum Gasteiger partial charge on any atom is -0.508 e. The highest BCUT2D eigenvalue weighted by molar-refractivity contribution is 6.12. The number of benzene rings is 2. The van der Waals surface area contributed by atoms with Crippen LogP contribution in [0.2, 0.25) is 0 Å². The van der Waals surface area contributed by atoms with Crippen molar-refractivity contribution in [2.45, 2.75) is 0 Å². The number of rotatable bonds is 3. The predicted molar refractivity (Wildman–Crippen MR) is 131 cm³/mol. The van der Waals surface area contributed by atoms with E-state index in [4.69, 9.17) is 23.7 Å². The molecule has 0 atom stereocenters. The molecule has 2 aromatic carbocycles. The van der Waals surface area contributed by atoms with Crippen LogP contribution in [-0.4, -0.2) is 82.9 Å². The fraction of sp³-hybridized carbons (Fsp3) is 0.385. The van der Waals surface area contributed by atoms with Crippen LogP contribution in [0.25, 0.3) is 6.08 Å². The summed E-state index contributed by atoms with van der Waals surface area (Å²) < 4.78 is 27.6. The number of carbonyl (C=O) groups excluding carboxylic acids is 1. The number of ether oxygens (including phenoxy) is 5. The largest absolute Gasteiger partial charge is 0.508 e. The zero-order valence-corrected chi connectivity index (χ0v) is 19.6. The molecular formula is C26H30N2O7. The molecule has 0 spiro atoms. The highest BCUT2D eigenvalue weighted by atomic mass is 16.6. The molecule has 0 unspecified atom stereocenters. The first-order valence-corrected chi connectivity index (χ1v) is 11.7. The summed E-state index contributed by atoms with van der Waals surface area (Å²) >= 11 is 0. The van der Waals surface area contributed by atoms with Gasteiger partial charge in [0.15, 0.2) is 5.70 Å². The van der Waals surface area contributed by atoms with Gasteiger partial charge in [-0.1, -0.05) is 12.1 Å². The van der Waals surface area contributed by atoms with Crippen LogP contribution in [0.5, 0.6) is 5.75 Å². The van der Waals surface area contributed by atoms with Gasteiger partial charge in [0.1, 0.15) is 5.75 Å². The van der Waals surface area contributed by atoms with Gasteiger partial charge in [0.2, 0.25) is 5.90 Å². The second-order valence-electron chi connectivity index (χ2n) is 7.91. The topological polar surface area (TPSA) is 99.1 Å². The van der Waals surface area contributed by atoms with E-state index in [0.717, 1.165) is 11.3 Å². The summed E-state index contributed by atoms with van der Waals surface area (Å²) in [5, 5.41) is 9.44. The smallest absolute Gasteiger partial charge is 0.363 e. The molecular weight excluding hydrogens is 452 g/mol. The van der Waals surface area contributed by atoms with Crippen LogP contribution in [0, 0.1) is 0 Å². The highest BCUT2D eigenvalue weighted by Crippen LogP contribution is 2.22. The molecule has 0 amide bonds. The maximum Gasteiger partial charge on any atom is 0.363 e. The Hall–Kier alpha value is -3.24. The SMILES string of the molecule is O=C1OC(c2ccc(O)cc2)=N/C1=C/c1ccc(N2CCOCCOCCOCCOCC2)cc1.